The molecular formula is C49H60ClN7O9. The fourth-order valence-corrected chi connectivity index (χ4v) is 10.9. The Balaban J connectivity index is 0.786. The van der Waals surface area contributed by atoms with E-state index in [9.17, 15) is 28.8 Å². The van der Waals surface area contributed by atoms with Crippen LogP contribution in [0.1, 0.15) is 98.3 Å². The van der Waals surface area contributed by atoms with Crippen LogP contribution in [-0.4, -0.2) is 127 Å². The van der Waals surface area contributed by atoms with Gasteiger partial charge in [0.15, 0.2) is 6.73 Å². The van der Waals surface area contributed by atoms with Crippen LogP contribution in [0.5, 0.6) is 5.75 Å². The van der Waals surface area contributed by atoms with Crippen LogP contribution < -0.4 is 25.6 Å². The van der Waals surface area contributed by atoms with Gasteiger partial charge in [0.2, 0.25) is 5.91 Å². The van der Waals surface area contributed by atoms with Gasteiger partial charge in [0.1, 0.15) is 17.9 Å². The molecule has 5 amide bonds. The Kier molecular flexibility index (Phi) is 13.0. The maximum Gasteiger partial charge on any atom is 0.510 e. The average Bonchev–Trinajstić information content (AvgIpc) is 3.53. The van der Waals surface area contributed by atoms with E-state index in [1.807, 2.05) is 36.4 Å². The quantitative estimate of drug-likeness (QED) is 0.119. The van der Waals surface area contributed by atoms with Crippen molar-refractivity contribution in [1.29, 1.82) is 0 Å². The summed E-state index contributed by atoms with van der Waals surface area (Å²) in [6.45, 7) is 17.1. The second-order valence-corrected chi connectivity index (χ2v) is 20.0. The van der Waals surface area contributed by atoms with Crippen LogP contribution in [0.4, 0.5) is 21.9 Å². The van der Waals surface area contributed by atoms with Gasteiger partial charge in [-0.05, 0) is 93.6 Å². The van der Waals surface area contributed by atoms with Crippen LogP contribution in [0.15, 0.2) is 60.7 Å². The largest absolute Gasteiger partial charge is 0.510 e. The second kappa shape index (κ2) is 18.4. The van der Waals surface area contributed by atoms with Gasteiger partial charge in [0, 0.05) is 92.1 Å². The van der Waals surface area contributed by atoms with Gasteiger partial charge in [-0.15, -0.1) is 0 Å². The molecule has 3 N–H and O–H groups in total. The zero-order valence-corrected chi connectivity index (χ0v) is 39.3. The highest BCUT2D eigenvalue weighted by Gasteiger charge is 2.64. The van der Waals surface area contributed by atoms with E-state index in [2.05, 4.69) is 47.7 Å². The van der Waals surface area contributed by atoms with Crippen molar-refractivity contribution < 1.29 is 43.0 Å². The fourth-order valence-electron chi connectivity index (χ4n) is 10.8. The van der Waals surface area contributed by atoms with E-state index in [0.29, 0.717) is 27.9 Å². The number of fused-ring (bicyclic) bond motifs is 1. The number of ether oxygens (including phenoxy) is 3. The molecule has 3 aromatic rings. The lowest BCUT2D eigenvalue weighted by atomic mass is 9.49. The number of carbonyl (C=O) groups excluding carboxylic acids is 6. The highest BCUT2D eigenvalue weighted by Crippen LogP contribution is 2.55. The number of rotatable bonds is 12. The molecule has 4 heterocycles. The zero-order valence-electron chi connectivity index (χ0n) is 38.5. The number of nitrogens with one attached hydrogen (secondary N) is 1. The van der Waals surface area contributed by atoms with Gasteiger partial charge in [0.25, 0.3) is 23.6 Å². The minimum absolute atomic E-state index is 0.0156. The maximum absolute atomic E-state index is 13.7. The van der Waals surface area contributed by atoms with Crippen LogP contribution in [0.25, 0.3) is 0 Å². The van der Waals surface area contributed by atoms with Gasteiger partial charge < -0.3 is 35.1 Å². The number of carbonyl (C=O) groups is 6. The van der Waals surface area contributed by atoms with Crippen molar-refractivity contribution in [2.45, 2.75) is 91.5 Å². The fraction of sp³-hybridized carbons (Fsp3) is 0.510. The Bertz CT molecular complexity index is 2380. The third-order valence-electron chi connectivity index (χ3n) is 14.0. The molecule has 0 spiro atoms. The van der Waals surface area contributed by atoms with Gasteiger partial charge in [0.05, 0.1) is 27.9 Å². The van der Waals surface area contributed by atoms with E-state index in [4.69, 9.17) is 31.5 Å². The highest BCUT2D eigenvalue weighted by molar-refractivity contribution is 6.33. The van der Waals surface area contributed by atoms with E-state index in [0.717, 1.165) is 79.8 Å². The molecule has 1 aliphatic carbocycles. The van der Waals surface area contributed by atoms with Crippen molar-refractivity contribution in [3.8, 4) is 5.75 Å². The topological polar surface area (TPSA) is 184 Å². The van der Waals surface area contributed by atoms with Gasteiger partial charge in [-0.1, -0.05) is 39.3 Å². The summed E-state index contributed by atoms with van der Waals surface area (Å²) in [6.07, 6.45) is 0.366. The van der Waals surface area contributed by atoms with Crippen molar-refractivity contribution in [2.75, 3.05) is 68.1 Å². The third-order valence-corrected chi connectivity index (χ3v) is 14.4. The number of halogens is 1. The molecule has 0 radical (unpaired) electrons. The lowest BCUT2D eigenvalue weighted by Crippen LogP contribution is -2.74. The normalized spacial score (nSPS) is 23.2. The first kappa shape index (κ1) is 46.7. The van der Waals surface area contributed by atoms with Crippen LogP contribution >= 0.6 is 11.6 Å². The highest BCUT2D eigenvalue weighted by atomic mass is 35.5. The number of nitrogens with two attached hydrogens (primary N) is 1. The van der Waals surface area contributed by atoms with E-state index in [1.54, 1.807) is 38.1 Å². The number of piperazine rings is 1. The Hall–Kier alpha value is -5.87. The summed E-state index contributed by atoms with van der Waals surface area (Å²) in [5.41, 5.74) is 8.71. The van der Waals surface area contributed by atoms with E-state index >= 15 is 0 Å². The Morgan fingerprint density at radius 2 is 1.44 bits per heavy atom. The van der Waals surface area contributed by atoms with Gasteiger partial charge in [-0.25, -0.2) is 9.69 Å². The predicted molar refractivity (Wildman–Crippen MR) is 249 cm³/mol. The average molecular weight is 927 g/mol. The number of likely N-dealkylation sites (tertiary alicyclic amines) is 1. The molecular weight excluding hydrogens is 866 g/mol. The Labute approximate surface area is 390 Å². The predicted octanol–water partition coefficient (Wildman–Crippen LogP) is 6.21. The number of hydrogen-bond donors (Lipinski definition) is 2. The molecule has 1 unspecified atom stereocenters. The molecule has 3 aromatic carbocycles. The summed E-state index contributed by atoms with van der Waals surface area (Å²) in [5.74, 6) is -1.43. The Morgan fingerprint density at radius 1 is 0.803 bits per heavy atom. The van der Waals surface area contributed by atoms with Crippen molar-refractivity contribution in [2.24, 2.45) is 16.7 Å². The van der Waals surface area contributed by atoms with Gasteiger partial charge >= 0.3 is 6.16 Å². The summed E-state index contributed by atoms with van der Waals surface area (Å²) in [7, 11) is 0. The first-order valence-corrected chi connectivity index (χ1v) is 23.3. The van der Waals surface area contributed by atoms with Crippen LogP contribution in [0, 0.1) is 16.7 Å². The summed E-state index contributed by atoms with van der Waals surface area (Å²) in [4.78, 5) is 87.5. The number of nitrogen functional groups attached to an aromatic ring is 1. The van der Waals surface area contributed by atoms with Crippen LogP contribution in [0.3, 0.4) is 0 Å². The molecule has 352 valence electrons. The van der Waals surface area contributed by atoms with Gasteiger partial charge in [-0.2, -0.15) is 0 Å². The number of anilines is 3. The van der Waals surface area contributed by atoms with Crippen molar-refractivity contribution in [1.82, 2.24) is 20.0 Å². The SMILES string of the molecule is CC(C)OC(=O)OCN1C(=O)CCC(N2C(=O)c3ccc(N4CCN(CC5CCN(c6ccc(C(=O)N[C@H]7C(C)(C)[C@H](Oc8ccc(N)c(Cl)c8)C7(C)C)cc6)CC5)CC4)cc3C2=O)C1=O. The number of nitrogens with zero attached hydrogens (tertiary/aromatic N) is 5. The molecule has 0 aromatic heterocycles. The zero-order chi connectivity index (χ0) is 47.2. The van der Waals surface area contributed by atoms with Crippen molar-refractivity contribution in [3.63, 3.8) is 0 Å². The minimum atomic E-state index is -1.20. The molecule has 4 fully saturated rings. The summed E-state index contributed by atoms with van der Waals surface area (Å²) in [5, 5.41) is 3.74. The molecule has 66 heavy (non-hydrogen) atoms. The molecule has 8 rings (SSSR count). The molecule has 4 aliphatic heterocycles. The van der Waals surface area contributed by atoms with Crippen molar-refractivity contribution >= 4 is 64.4 Å². The maximum atomic E-state index is 13.7. The van der Waals surface area contributed by atoms with E-state index in [-0.39, 0.29) is 52.9 Å². The molecule has 1 saturated carbocycles. The van der Waals surface area contributed by atoms with E-state index < -0.39 is 48.7 Å². The lowest BCUT2D eigenvalue weighted by Gasteiger charge is -2.63. The smallest absolute Gasteiger partial charge is 0.489 e. The molecule has 16 nitrogen and oxygen atoms in total. The molecule has 3 saturated heterocycles. The second-order valence-electron chi connectivity index (χ2n) is 19.6. The molecule has 5 aliphatic rings. The van der Waals surface area contributed by atoms with E-state index in [1.165, 1.54) is 0 Å². The van der Waals surface area contributed by atoms with Crippen LogP contribution in [0.2, 0.25) is 5.02 Å². The first-order chi connectivity index (χ1) is 31.3. The molecule has 17 heteroatoms. The summed E-state index contributed by atoms with van der Waals surface area (Å²) < 4.78 is 16.3. The van der Waals surface area contributed by atoms with Gasteiger partial charge in [-0.3, -0.25) is 33.8 Å². The monoisotopic (exact) mass is 925 g/mol. The van der Waals surface area contributed by atoms with Crippen LogP contribution in [-0.2, 0) is 19.1 Å². The minimum Gasteiger partial charge on any atom is -0.489 e. The number of piperidine rings is 2. The Morgan fingerprint density at radius 3 is 2.09 bits per heavy atom. The summed E-state index contributed by atoms with van der Waals surface area (Å²) in [6, 6.07) is 17.1. The third kappa shape index (κ3) is 9.13. The summed E-state index contributed by atoms with van der Waals surface area (Å²) >= 11 is 6.24. The first-order valence-electron chi connectivity index (χ1n) is 22.9. The van der Waals surface area contributed by atoms with Crippen molar-refractivity contribution in [3.05, 3.63) is 82.4 Å². The molecule has 1 atom stereocenters. The number of amides is 5. The number of imide groups is 2. The molecule has 0 bridgehead atoms. The standard InChI is InChI=1S/C49H60ClN7O9/c1-29(2)65-47(63)64-28-56-40(58)16-15-39(44(56)62)57-42(60)35-13-11-33(25-36(35)43(57)61)55-23-21-53(22-24-55)27-30-17-19-54(20-18-30)32-9-7-31(8-10-32)41(59)52-45-48(3,4)46(49(45,5)6)66-34-12-14-38(51)37(50)26-34/h7-14,25-26,29-30,39,45-46H,15-24,27-28,51H2,1-6H3,(H,52,59)/t39?,45-,46-. The number of hydrogen-bond acceptors (Lipinski definition) is 13. The number of benzene rings is 3. The lowest BCUT2D eigenvalue weighted by molar-refractivity contribution is -0.164.